The molecular formula is C23H24BrN3O5. The molecule has 32 heavy (non-hydrogen) atoms. The quantitative estimate of drug-likeness (QED) is 0.269. The number of ether oxygens (including phenoxy) is 3. The summed E-state index contributed by atoms with van der Waals surface area (Å²) in [5.74, 6) is 0.866. The second kappa shape index (κ2) is 9.95. The lowest BCUT2D eigenvalue weighted by Crippen LogP contribution is -2.23. The minimum Gasteiger partial charge on any atom is -0.493 e. The molecule has 0 spiro atoms. The van der Waals surface area contributed by atoms with Crippen LogP contribution in [0.3, 0.4) is 0 Å². The highest BCUT2D eigenvalue weighted by atomic mass is 79.9. The van der Waals surface area contributed by atoms with Gasteiger partial charge < -0.3 is 14.2 Å². The van der Waals surface area contributed by atoms with Crippen molar-refractivity contribution in [3.05, 3.63) is 56.5 Å². The Bertz CT molecular complexity index is 1230. The summed E-state index contributed by atoms with van der Waals surface area (Å²) in [7, 11) is 2.92. The summed E-state index contributed by atoms with van der Waals surface area (Å²) in [6.07, 6.45) is 2.31. The number of hydrogen-bond acceptors (Lipinski definition) is 7. The molecule has 0 aliphatic rings. The molecule has 3 rings (SSSR count). The van der Waals surface area contributed by atoms with E-state index < -0.39 is 5.97 Å². The maximum atomic E-state index is 13.2. The molecule has 8 nitrogen and oxygen atoms in total. The molecule has 0 aliphatic carbocycles. The number of aromatic nitrogens is 2. The third-order valence-corrected chi connectivity index (χ3v) is 5.43. The Labute approximate surface area is 194 Å². The molecule has 0 N–H and O–H groups in total. The minimum absolute atomic E-state index is 0.0170. The van der Waals surface area contributed by atoms with Gasteiger partial charge >= 0.3 is 5.97 Å². The molecule has 168 valence electrons. The van der Waals surface area contributed by atoms with Gasteiger partial charge in [-0.2, -0.15) is 9.78 Å². The third-order valence-electron chi connectivity index (χ3n) is 4.94. The van der Waals surface area contributed by atoms with Crippen LogP contribution in [0.5, 0.6) is 17.2 Å². The van der Waals surface area contributed by atoms with E-state index in [1.54, 1.807) is 18.2 Å². The first-order valence-electron chi connectivity index (χ1n) is 10.00. The molecule has 3 aromatic rings. The zero-order chi connectivity index (χ0) is 23.4. The van der Waals surface area contributed by atoms with E-state index in [0.29, 0.717) is 33.8 Å². The fourth-order valence-corrected chi connectivity index (χ4v) is 3.48. The lowest BCUT2D eigenvalue weighted by molar-refractivity contribution is -0.132. The summed E-state index contributed by atoms with van der Waals surface area (Å²) in [5.41, 5.74) is 0.943. The van der Waals surface area contributed by atoms with Crippen LogP contribution in [0.1, 0.15) is 44.5 Å². The van der Waals surface area contributed by atoms with Gasteiger partial charge in [0.05, 0.1) is 31.3 Å². The highest BCUT2D eigenvalue weighted by molar-refractivity contribution is 9.10. The summed E-state index contributed by atoms with van der Waals surface area (Å²) >= 11 is 3.41. The van der Waals surface area contributed by atoms with Crippen molar-refractivity contribution in [1.29, 1.82) is 0 Å². The van der Waals surface area contributed by atoms with Crippen LogP contribution in [0, 0.1) is 0 Å². The lowest BCUT2D eigenvalue weighted by atomic mass is 10.1. The number of esters is 1. The topological polar surface area (TPSA) is 92.0 Å². The van der Waals surface area contributed by atoms with E-state index in [4.69, 9.17) is 19.2 Å². The van der Waals surface area contributed by atoms with Crippen molar-refractivity contribution < 1.29 is 19.0 Å². The average Bonchev–Trinajstić information content (AvgIpc) is 2.78. The average molecular weight is 502 g/mol. The number of benzene rings is 2. The van der Waals surface area contributed by atoms with Crippen molar-refractivity contribution in [2.45, 2.75) is 33.1 Å². The lowest BCUT2D eigenvalue weighted by Gasteiger charge is -2.15. The van der Waals surface area contributed by atoms with Crippen molar-refractivity contribution in [3.8, 4) is 17.2 Å². The van der Waals surface area contributed by atoms with Crippen LogP contribution in [0.15, 0.2) is 44.7 Å². The standard InChI is InChI=1S/C23H24BrN3O5/c1-6-13(2)22-26-18-8-7-16(24)11-17(18)23(29)27(22)25-12-15-9-19(30-4)21(32-14(3)28)20(10-15)31-5/h7-13H,6H2,1-5H3/t13-/m1/s1. The van der Waals surface area contributed by atoms with E-state index in [2.05, 4.69) is 21.0 Å². The van der Waals surface area contributed by atoms with E-state index >= 15 is 0 Å². The number of fused-ring (bicyclic) bond motifs is 1. The van der Waals surface area contributed by atoms with E-state index in [0.717, 1.165) is 10.9 Å². The van der Waals surface area contributed by atoms with Gasteiger partial charge in [-0.25, -0.2) is 4.98 Å². The van der Waals surface area contributed by atoms with Gasteiger partial charge in [-0.1, -0.05) is 29.8 Å². The Morgan fingerprint density at radius 3 is 2.44 bits per heavy atom. The largest absolute Gasteiger partial charge is 0.493 e. The van der Waals surface area contributed by atoms with Crippen LogP contribution in [-0.4, -0.2) is 36.1 Å². The summed E-state index contributed by atoms with van der Waals surface area (Å²) in [4.78, 5) is 29.4. The summed E-state index contributed by atoms with van der Waals surface area (Å²) in [6.45, 7) is 5.32. The molecule has 9 heteroatoms. The smallest absolute Gasteiger partial charge is 0.308 e. The van der Waals surface area contributed by atoms with Crippen molar-refractivity contribution in [3.63, 3.8) is 0 Å². The predicted molar refractivity (Wildman–Crippen MR) is 126 cm³/mol. The number of methoxy groups -OCH3 is 2. The molecule has 0 radical (unpaired) electrons. The molecule has 1 aromatic heterocycles. The van der Waals surface area contributed by atoms with Gasteiger partial charge in [0, 0.05) is 22.9 Å². The third kappa shape index (κ3) is 4.83. The Morgan fingerprint density at radius 1 is 1.22 bits per heavy atom. The summed E-state index contributed by atoms with van der Waals surface area (Å²) in [6, 6.07) is 8.68. The Morgan fingerprint density at radius 2 is 1.88 bits per heavy atom. The van der Waals surface area contributed by atoms with Gasteiger partial charge in [0.25, 0.3) is 5.56 Å². The first-order chi connectivity index (χ1) is 15.3. The van der Waals surface area contributed by atoms with Crippen LogP contribution in [-0.2, 0) is 4.79 Å². The number of hydrogen-bond donors (Lipinski definition) is 0. The molecule has 0 saturated carbocycles. The zero-order valence-electron chi connectivity index (χ0n) is 18.5. The SMILES string of the molecule is CC[C@@H](C)c1nc2ccc(Br)cc2c(=O)n1N=Cc1cc(OC)c(OC(C)=O)c(OC)c1. The van der Waals surface area contributed by atoms with E-state index in [1.165, 1.54) is 32.0 Å². The summed E-state index contributed by atoms with van der Waals surface area (Å²) in [5, 5.41) is 4.91. The fourth-order valence-electron chi connectivity index (χ4n) is 3.12. The number of rotatable bonds is 7. The minimum atomic E-state index is -0.499. The molecule has 0 aliphatic heterocycles. The van der Waals surface area contributed by atoms with Gasteiger partial charge in [0.1, 0.15) is 5.82 Å². The van der Waals surface area contributed by atoms with Crippen LogP contribution < -0.4 is 19.8 Å². The van der Waals surface area contributed by atoms with Gasteiger partial charge in [0.2, 0.25) is 5.75 Å². The van der Waals surface area contributed by atoms with Gasteiger partial charge in [-0.05, 0) is 36.8 Å². The van der Waals surface area contributed by atoms with E-state index in [-0.39, 0.29) is 17.2 Å². The van der Waals surface area contributed by atoms with Gasteiger partial charge in [-0.3, -0.25) is 9.59 Å². The molecule has 1 atom stereocenters. The Kier molecular flexibility index (Phi) is 7.29. The van der Waals surface area contributed by atoms with Gasteiger partial charge in [0.15, 0.2) is 11.5 Å². The number of carbonyl (C=O) groups excluding carboxylic acids is 1. The second-order valence-electron chi connectivity index (χ2n) is 7.15. The number of carbonyl (C=O) groups is 1. The van der Waals surface area contributed by atoms with Crippen LogP contribution in [0.25, 0.3) is 10.9 Å². The Balaban J connectivity index is 2.16. The van der Waals surface area contributed by atoms with Crippen molar-refractivity contribution in [2.75, 3.05) is 14.2 Å². The highest BCUT2D eigenvalue weighted by Crippen LogP contribution is 2.38. The second-order valence-corrected chi connectivity index (χ2v) is 8.07. The molecule has 0 saturated heterocycles. The van der Waals surface area contributed by atoms with Crippen LogP contribution >= 0.6 is 15.9 Å². The van der Waals surface area contributed by atoms with Crippen LogP contribution in [0.4, 0.5) is 0 Å². The molecule has 1 heterocycles. The van der Waals surface area contributed by atoms with E-state index in [9.17, 15) is 9.59 Å². The molecular weight excluding hydrogens is 478 g/mol. The van der Waals surface area contributed by atoms with Crippen molar-refractivity contribution >= 4 is 39.0 Å². The molecule has 0 bridgehead atoms. The monoisotopic (exact) mass is 501 g/mol. The first kappa shape index (κ1) is 23.5. The fraction of sp³-hybridized carbons (Fsp3) is 0.304. The normalized spacial score (nSPS) is 12.2. The molecule has 0 fully saturated rings. The molecule has 2 aromatic carbocycles. The molecule has 0 amide bonds. The number of nitrogens with zero attached hydrogens (tertiary/aromatic N) is 3. The summed E-state index contributed by atoms with van der Waals surface area (Å²) < 4.78 is 18.0. The van der Waals surface area contributed by atoms with E-state index in [1.807, 2.05) is 26.0 Å². The molecule has 0 unspecified atom stereocenters. The highest BCUT2D eigenvalue weighted by Gasteiger charge is 2.17. The predicted octanol–water partition coefficient (Wildman–Crippen LogP) is 4.50. The number of halogens is 1. The Hall–Kier alpha value is -3.20. The van der Waals surface area contributed by atoms with Crippen molar-refractivity contribution in [2.24, 2.45) is 5.10 Å². The van der Waals surface area contributed by atoms with Gasteiger partial charge in [-0.15, -0.1) is 0 Å². The first-order valence-corrected chi connectivity index (χ1v) is 10.8. The maximum Gasteiger partial charge on any atom is 0.308 e. The van der Waals surface area contributed by atoms with Crippen LogP contribution in [0.2, 0.25) is 0 Å². The zero-order valence-corrected chi connectivity index (χ0v) is 20.1. The van der Waals surface area contributed by atoms with Crippen molar-refractivity contribution in [1.82, 2.24) is 9.66 Å². The maximum absolute atomic E-state index is 13.2.